The second-order valence-electron chi connectivity index (χ2n) is 12.0. The fourth-order valence-electron chi connectivity index (χ4n) is 7.61. The zero-order valence-electron chi connectivity index (χ0n) is 24.5. The smallest absolute Gasteiger partial charge is 0.143 e. The Morgan fingerprint density at radius 1 is 0.435 bits per heavy atom. The maximum absolute atomic E-state index is 6.46. The molecule has 0 spiro atoms. The molecule has 0 saturated carbocycles. The van der Waals surface area contributed by atoms with Gasteiger partial charge in [-0.25, -0.2) is 0 Å². The first-order valence-electron chi connectivity index (χ1n) is 15.5. The summed E-state index contributed by atoms with van der Waals surface area (Å²) < 4.78 is 14.2. The SMILES string of the molecule is c1ccc2c(c1)oc1c(-c3cccc4c3sc3ccc(-n5c6ccccc6c6c7sc8ccccc8c7ccc65)cc34)cccc12. The molecule has 0 bridgehead atoms. The molecule has 11 rings (SSSR count). The second-order valence-corrected chi connectivity index (χ2v) is 14.1. The van der Waals surface area contributed by atoms with E-state index in [2.05, 4.69) is 138 Å². The fourth-order valence-corrected chi connectivity index (χ4v) is 10.1. The van der Waals surface area contributed by atoms with Crippen LogP contribution in [0.3, 0.4) is 0 Å². The van der Waals surface area contributed by atoms with Gasteiger partial charge in [0.15, 0.2) is 0 Å². The van der Waals surface area contributed by atoms with Crippen LogP contribution < -0.4 is 0 Å². The summed E-state index contributed by atoms with van der Waals surface area (Å²) in [4.78, 5) is 0. The molecule has 46 heavy (non-hydrogen) atoms. The molecule has 4 aromatic heterocycles. The summed E-state index contributed by atoms with van der Waals surface area (Å²) in [6.45, 7) is 0. The number of fused-ring (bicyclic) bond motifs is 13. The van der Waals surface area contributed by atoms with Crippen LogP contribution in [0.1, 0.15) is 0 Å². The number of nitrogens with zero attached hydrogens (tertiary/aromatic N) is 1. The molecule has 0 unspecified atom stereocenters. The Morgan fingerprint density at radius 3 is 2.07 bits per heavy atom. The molecule has 0 N–H and O–H groups in total. The third-order valence-electron chi connectivity index (χ3n) is 9.61. The molecule has 0 atom stereocenters. The number of furan rings is 1. The summed E-state index contributed by atoms with van der Waals surface area (Å²) in [5, 5.41) is 10.2. The van der Waals surface area contributed by atoms with Crippen LogP contribution in [0.15, 0.2) is 144 Å². The highest BCUT2D eigenvalue weighted by molar-refractivity contribution is 7.27. The molecule has 0 amide bonds. The molecule has 214 valence electrons. The van der Waals surface area contributed by atoms with Gasteiger partial charge in [-0.1, -0.05) is 97.1 Å². The van der Waals surface area contributed by atoms with Gasteiger partial charge in [-0.3, -0.25) is 0 Å². The molecule has 0 saturated heterocycles. The maximum atomic E-state index is 6.46. The quantitative estimate of drug-likeness (QED) is 0.188. The van der Waals surface area contributed by atoms with Crippen molar-refractivity contribution in [2.24, 2.45) is 0 Å². The van der Waals surface area contributed by atoms with E-state index in [1.165, 1.54) is 73.4 Å². The van der Waals surface area contributed by atoms with Crippen molar-refractivity contribution in [1.29, 1.82) is 0 Å². The van der Waals surface area contributed by atoms with E-state index < -0.39 is 0 Å². The second kappa shape index (κ2) is 9.07. The molecule has 11 aromatic rings. The normalized spacial score (nSPS) is 12.3. The number of hydrogen-bond donors (Lipinski definition) is 0. The molecule has 7 aromatic carbocycles. The number of hydrogen-bond acceptors (Lipinski definition) is 3. The van der Waals surface area contributed by atoms with Gasteiger partial charge in [-0.2, -0.15) is 0 Å². The van der Waals surface area contributed by atoms with Gasteiger partial charge in [-0.15, -0.1) is 22.7 Å². The van der Waals surface area contributed by atoms with Crippen molar-refractivity contribution in [2.75, 3.05) is 0 Å². The van der Waals surface area contributed by atoms with Crippen LogP contribution in [0.2, 0.25) is 0 Å². The Kier molecular flexibility index (Phi) is 4.90. The average Bonchev–Trinajstić information content (AvgIpc) is 3.86. The van der Waals surface area contributed by atoms with Crippen LogP contribution in [0.25, 0.3) is 101 Å². The van der Waals surface area contributed by atoms with E-state index in [1.807, 2.05) is 28.7 Å². The molecular weight excluding hydrogens is 599 g/mol. The molecule has 4 heterocycles. The van der Waals surface area contributed by atoms with Crippen LogP contribution >= 0.6 is 22.7 Å². The Balaban J connectivity index is 1.17. The lowest BCUT2D eigenvalue weighted by Gasteiger charge is -2.08. The van der Waals surface area contributed by atoms with E-state index >= 15 is 0 Å². The lowest BCUT2D eigenvalue weighted by Crippen LogP contribution is -1.93. The van der Waals surface area contributed by atoms with Gasteiger partial charge in [-0.05, 0) is 42.5 Å². The molecule has 2 nitrogen and oxygen atoms in total. The highest BCUT2D eigenvalue weighted by Crippen LogP contribution is 2.46. The van der Waals surface area contributed by atoms with E-state index in [0.717, 1.165) is 27.5 Å². The van der Waals surface area contributed by atoms with E-state index in [-0.39, 0.29) is 0 Å². The third-order valence-corrected chi connectivity index (χ3v) is 12.0. The first-order valence-corrected chi connectivity index (χ1v) is 17.1. The molecule has 4 heteroatoms. The van der Waals surface area contributed by atoms with Crippen LogP contribution in [0.5, 0.6) is 0 Å². The highest BCUT2D eigenvalue weighted by Gasteiger charge is 2.19. The van der Waals surface area contributed by atoms with Crippen molar-refractivity contribution in [3.63, 3.8) is 0 Å². The molecule has 0 aliphatic rings. The van der Waals surface area contributed by atoms with Gasteiger partial charge >= 0.3 is 0 Å². The third kappa shape index (κ3) is 3.24. The van der Waals surface area contributed by atoms with Crippen molar-refractivity contribution in [2.45, 2.75) is 0 Å². The van der Waals surface area contributed by atoms with Gasteiger partial charge < -0.3 is 8.98 Å². The van der Waals surface area contributed by atoms with Crippen molar-refractivity contribution in [3.05, 3.63) is 140 Å². The van der Waals surface area contributed by atoms with E-state index in [9.17, 15) is 0 Å². The van der Waals surface area contributed by atoms with Gasteiger partial charge in [0.25, 0.3) is 0 Å². The minimum Gasteiger partial charge on any atom is -0.455 e. The van der Waals surface area contributed by atoms with Gasteiger partial charge in [0, 0.05) is 78.7 Å². The van der Waals surface area contributed by atoms with Gasteiger partial charge in [0.05, 0.1) is 11.0 Å². The van der Waals surface area contributed by atoms with Crippen LogP contribution in [0.4, 0.5) is 0 Å². The minimum atomic E-state index is 0.928. The molecular formula is C42H23NOS2. The Bertz CT molecular complexity index is 3040. The summed E-state index contributed by atoms with van der Waals surface area (Å²) in [6, 6.07) is 50.8. The molecule has 0 fully saturated rings. The molecule has 0 radical (unpaired) electrons. The summed E-state index contributed by atoms with van der Waals surface area (Å²) in [6.07, 6.45) is 0. The van der Waals surface area contributed by atoms with Crippen molar-refractivity contribution in [3.8, 4) is 16.8 Å². The van der Waals surface area contributed by atoms with E-state index in [0.29, 0.717) is 0 Å². The topological polar surface area (TPSA) is 18.1 Å². The monoisotopic (exact) mass is 621 g/mol. The summed E-state index contributed by atoms with van der Waals surface area (Å²) >= 11 is 3.77. The predicted molar refractivity (Wildman–Crippen MR) is 199 cm³/mol. The lowest BCUT2D eigenvalue weighted by molar-refractivity contribution is 0.670. The number of para-hydroxylation sites is 3. The Hall–Kier alpha value is -5.42. The number of thiophene rings is 2. The van der Waals surface area contributed by atoms with Crippen LogP contribution in [0, 0.1) is 0 Å². The lowest BCUT2D eigenvalue weighted by atomic mass is 10.00. The number of benzene rings is 7. The predicted octanol–water partition coefficient (Wildman–Crippen LogP) is 13.1. The Morgan fingerprint density at radius 2 is 1.13 bits per heavy atom. The fraction of sp³-hybridized carbons (Fsp3) is 0. The van der Waals surface area contributed by atoms with E-state index in [4.69, 9.17) is 4.42 Å². The molecule has 0 aliphatic heterocycles. The number of rotatable bonds is 2. The molecule has 0 aliphatic carbocycles. The van der Waals surface area contributed by atoms with Crippen molar-refractivity contribution < 1.29 is 4.42 Å². The summed E-state index contributed by atoms with van der Waals surface area (Å²) in [5.74, 6) is 0. The average molecular weight is 622 g/mol. The Labute approximate surface area is 270 Å². The van der Waals surface area contributed by atoms with Gasteiger partial charge in [0.2, 0.25) is 0 Å². The zero-order chi connectivity index (χ0) is 29.9. The zero-order valence-corrected chi connectivity index (χ0v) is 26.1. The van der Waals surface area contributed by atoms with Crippen LogP contribution in [-0.4, -0.2) is 4.57 Å². The standard InChI is InChI=1S/C42H23NOS2/c1-4-16-34-32(11-1)39-35(21-20-31-26-10-3-6-18-37(26)46-42(31)39)43(34)24-19-22-38-33(23-24)30-15-8-14-29(41(30)45-38)28-13-7-12-27-25-9-2-5-17-36(25)44-40(27)28/h1-23H. The van der Waals surface area contributed by atoms with E-state index in [1.54, 1.807) is 0 Å². The largest absolute Gasteiger partial charge is 0.455 e. The number of aromatic nitrogens is 1. The van der Waals surface area contributed by atoms with Crippen LogP contribution in [-0.2, 0) is 0 Å². The maximum Gasteiger partial charge on any atom is 0.143 e. The first kappa shape index (κ1) is 24.8. The minimum absolute atomic E-state index is 0.928. The van der Waals surface area contributed by atoms with Crippen molar-refractivity contribution in [1.82, 2.24) is 4.57 Å². The van der Waals surface area contributed by atoms with Gasteiger partial charge in [0.1, 0.15) is 11.2 Å². The van der Waals surface area contributed by atoms with Crippen molar-refractivity contribution >= 4 is 107 Å². The summed E-state index contributed by atoms with van der Waals surface area (Å²) in [5.41, 5.74) is 7.90. The summed E-state index contributed by atoms with van der Waals surface area (Å²) in [7, 11) is 0. The first-order chi connectivity index (χ1) is 22.8. The highest BCUT2D eigenvalue weighted by atomic mass is 32.1.